The topological polar surface area (TPSA) is 66.4 Å². The summed E-state index contributed by atoms with van der Waals surface area (Å²) in [7, 11) is 0. The van der Waals surface area contributed by atoms with Crippen molar-refractivity contribution in [1.29, 1.82) is 0 Å². The summed E-state index contributed by atoms with van der Waals surface area (Å²) in [6.45, 7) is 0. The fourth-order valence-corrected chi connectivity index (χ4v) is 3.09. The van der Waals surface area contributed by atoms with Crippen LogP contribution in [0.1, 0.15) is 11.3 Å². The molecule has 0 unspecified atom stereocenters. The van der Waals surface area contributed by atoms with Gasteiger partial charge in [-0.25, -0.2) is 4.79 Å². The van der Waals surface area contributed by atoms with Crippen LogP contribution in [0.4, 0.5) is 0 Å². The smallest absolute Gasteiger partial charge is 0.326 e. The molecule has 0 spiro atoms. The average Bonchev–Trinajstić information content (AvgIpc) is 2.77. The maximum Gasteiger partial charge on any atom is 0.326 e. The molecule has 7 heteroatoms. The molecule has 1 rings (SSSR count). The lowest BCUT2D eigenvalue weighted by molar-refractivity contribution is -0.141. The molecule has 1 amide bonds. The van der Waals surface area contributed by atoms with Crippen molar-refractivity contribution in [1.82, 2.24) is 5.32 Å². The van der Waals surface area contributed by atoms with Crippen molar-refractivity contribution in [2.75, 3.05) is 12.0 Å². The Labute approximate surface area is 128 Å². The fourth-order valence-electron chi connectivity index (χ4n) is 1.29. The molecule has 0 aliphatic heterocycles. The Morgan fingerprint density at radius 3 is 2.84 bits per heavy atom. The molecule has 0 fully saturated rings. The standard InChI is InChI=1S/C12H14BrNO3S2/c1-18-7-6-9(12(16)17)14-11(15)5-3-8-2-4-10(13)19-8/h2-5,9H,6-7H2,1H3,(H,14,15)(H,16,17)/b5-3+/t9-/m0/s1. The number of halogens is 1. The summed E-state index contributed by atoms with van der Waals surface area (Å²) in [5.74, 6) is -0.702. The lowest BCUT2D eigenvalue weighted by atomic mass is 10.2. The van der Waals surface area contributed by atoms with E-state index in [1.54, 1.807) is 17.8 Å². The third kappa shape index (κ3) is 6.26. The van der Waals surface area contributed by atoms with Gasteiger partial charge in [0, 0.05) is 11.0 Å². The molecular weight excluding hydrogens is 350 g/mol. The lowest BCUT2D eigenvalue weighted by Gasteiger charge is -2.12. The van der Waals surface area contributed by atoms with Gasteiger partial charge in [-0.15, -0.1) is 11.3 Å². The zero-order chi connectivity index (χ0) is 14.3. The normalized spacial score (nSPS) is 12.5. The van der Waals surface area contributed by atoms with Crippen LogP contribution < -0.4 is 5.32 Å². The average molecular weight is 364 g/mol. The minimum Gasteiger partial charge on any atom is -0.480 e. The van der Waals surface area contributed by atoms with Crippen LogP contribution in [0.2, 0.25) is 0 Å². The summed E-state index contributed by atoms with van der Waals surface area (Å²) in [6, 6.07) is 2.93. The molecule has 0 radical (unpaired) electrons. The number of thioether (sulfide) groups is 1. The highest BCUT2D eigenvalue weighted by Gasteiger charge is 2.17. The summed E-state index contributed by atoms with van der Waals surface area (Å²) in [5, 5.41) is 11.5. The number of amides is 1. The molecule has 0 aliphatic rings. The van der Waals surface area contributed by atoms with Crippen LogP contribution in [0, 0.1) is 0 Å². The van der Waals surface area contributed by atoms with E-state index in [1.165, 1.54) is 17.4 Å². The first-order valence-corrected chi connectivity index (χ1v) is 8.49. The molecule has 19 heavy (non-hydrogen) atoms. The number of rotatable bonds is 7. The van der Waals surface area contributed by atoms with E-state index in [0.29, 0.717) is 12.2 Å². The van der Waals surface area contributed by atoms with Crippen LogP contribution in [-0.4, -0.2) is 35.0 Å². The molecule has 0 saturated carbocycles. The minimum absolute atomic E-state index is 0.391. The number of aliphatic carboxylic acids is 1. The van der Waals surface area contributed by atoms with Crippen LogP contribution in [0.25, 0.3) is 6.08 Å². The summed E-state index contributed by atoms with van der Waals surface area (Å²) >= 11 is 6.38. The molecule has 0 bridgehead atoms. The predicted octanol–water partition coefficient (Wildman–Crippen LogP) is 2.85. The maximum atomic E-state index is 11.6. The predicted molar refractivity (Wildman–Crippen MR) is 83.6 cm³/mol. The van der Waals surface area contributed by atoms with Gasteiger partial charge < -0.3 is 10.4 Å². The molecule has 4 nitrogen and oxygen atoms in total. The van der Waals surface area contributed by atoms with Gasteiger partial charge in [-0.2, -0.15) is 11.8 Å². The molecule has 0 aliphatic carbocycles. The highest BCUT2D eigenvalue weighted by molar-refractivity contribution is 9.11. The van der Waals surface area contributed by atoms with E-state index in [1.807, 2.05) is 18.4 Å². The Kier molecular flexibility index (Phi) is 7.19. The first-order chi connectivity index (χ1) is 9.02. The van der Waals surface area contributed by atoms with Gasteiger partial charge in [-0.05, 0) is 52.6 Å². The highest BCUT2D eigenvalue weighted by atomic mass is 79.9. The number of hydrogen-bond donors (Lipinski definition) is 2. The monoisotopic (exact) mass is 363 g/mol. The fraction of sp³-hybridized carbons (Fsp3) is 0.333. The zero-order valence-corrected chi connectivity index (χ0v) is 13.5. The Morgan fingerprint density at radius 2 is 2.32 bits per heavy atom. The molecule has 104 valence electrons. The van der Waals surface area contributed by atoms with E-state index in [0.717, 1.165) is 8.66 Å². The first kappa shape index (κ1) is 16.3. The van der Waals surface area contributed by atoms with Gasteiger partial charge in [0.15, 0.2) is 0 Å². The molecule has 0 aromatic carbocycles. The van der Waals surface area contributed by atoms with Crippen molar-refractivity contribution in [3.05, 3.63) is 26.9 Å². The molecular formula is C12H14BrNO3S2. The third-order valence-electron chi connectivity index (χ3n) is 2.22. The number of carbonyl (C=O) groups is 2. The van der Waals surface area contributed by atoms with Gasteiger partial charge in [0.2, 0.25) is 5.91 Å². The summed E-state index contributed by atoms with van der Waals surface area (Å²) in [5.41, 5.74) is 0. The number of nitrogens with one attached hydrogen (secondary N) is 1. The Bertz CT molecular complexity index is 473. The summed E-state index contributed by atoms with van der Waals surface area (Å²) < 4.78 is 0.982. The minimum atomic E-state index is -1.00. The number of carboxylic acids is 1. The highest BCUT2D eigenvalue weighted by Crippen LogP contribution is 2.22. The lowest BCUT2D eigenvalue weighted by Crippen LogP contribution is -2.40. The Morgan fingerprint density at radius 1 is 1.58 bits per heavy atom. The maximum absolute atomic E-state index is 11.6. The van der Waals surface area contributed by atoms with Gasteiger partial charge >= 0.3 is 5.97 Å². The Balaban J connectivity index is 2.52. The third-order valence-corrected chi connectivity index (χ3v) is 4.45. The van der Waals surface area contributed by atoms with Gasteiger partial charge in [-0.3, -0.25) is 4.79 Å². The molecule has 1 aromatic rings. The van der Waals surface area contributed by atoms with E-state index >= 15 is 0 Å². The quantitative estimate of drug-likeness (QED) is 0.731. The van der Waals surface area contributed by atoms with Crippen LogP contribution in [0.15, 0.2) is 22.0 Å². The van der Waals surface area contributed by atoms with E-state index in [-0.39, 0.29) is 0 Å². The second kappa shape index (κ2) is 8.39. The first-order valence-electron chi connectivity index (χ1n) is 5.48. The van der Waals surface area contributed by atoms with E-state index in [9.17, 15) is 9.59 Å². The second-order valence-electron chi connectivity index (χ2n) is 3.66. The zero-order valence-electron chi connectivity index (χ0n) is 10.3. The van der Waals surface area contributed by atoms with Crippen molar-refractivity contribution < 1.29 is 14.7 Å². The molecule has 1 aromatic heterocycles. The SMILES string of the molecule is CSCC[C@H](NC(=O)/C=C/c1ccc(Br)s1)C(=O)O. The van der Waals surface area contributed by atoms with E-state index in [2.05, 4.69) is 21.2 Å². The molecule has 0 saturated heterocycles. The van der Waals surface area contributed by atoms with Crippen LogP contribution in [0.3, 0.4) is 0 Å². The number of hydrogen-bond acceptors (Lipinski definition) is 4. The van der Waals surface area contributed by atoms with Crippen LogP contribution in [-0.2, 0) is 9.59 Å². The van der Waals surface area contributed by atoms with Gasteiger partial charge in [0.25, 0.3) is 0 Å². The number of carbonyl (C=O) groups excluding carboxylic acids is 1. The van der Waals surface area contributed by atoms with Crippen molar-refractivity contribution in [2.45, 2.75) is 12.5 Å². The molecule has 1 heterocycles. The van der Waals surface area contributed by atoms with Crippen molar-refractivity contribution in [3.8, 4) is 0 Å². The van der Waals surface area contributed by atoms with Gasteiger partial charge in [0.05, 0.1) is 3.79 Å². The Hall–Kier alpha value is -0.790. The van der Waals surface area contributed by atoms with E-state index in [4.69, 9.17) is 5.11 Å². The number of thiophene rings is 1. The largest absolute Gasteiger partial charge is 0.480 e. The van der Waals surface area contributed by atoms with Crippen molar-refractivity contribution in [3.63, 3.8) is 0 Å². The van der Waals surface area contributed by atoms with Crippen molar-refractivity contribution >= 4 is 57.0 Å². The van der Waals surface area contributed by atoms with E-state index < -0.39 is 17.9 Å². The van der Waals surface area contributed by atoms with Crippen LogP contribution >= 0.6 is 39.0 Å². The van der Waals surface area contributed by atoms with Gasteiger partial charge in [-0.1, -0.05) is 0 Å². The summed E-state index contributed by atoms with van der Waals surface area (Å²) in [6.07, 6.45) is 5.33. The second-order valence-corrected chi connectivity index (χ2v) is 7.14. The van der Waals surface area contributed by atoms with Crippen molar-refractivity contribution in [2.24, 2.45) is 0 Å². The molecule has 2 N–H and O–H groups in total. The van der Waals surface area contributed by atoms with Crippen LogP contribution in [0.5, 0.6) is 0 Å². The molecule has 1 atom stereocenters. The number of carboxylic acid groups (broad SMARTS) is 1. The van der Waals surface area contributed by atoms with Gasteiger partial charge in [0.1, 0.15) is 6.04 Å². The summed E-state index contributed by atoms with van der Waals surface area (Å²) in [4.78, 5) is 23.5.